The Kier molecular flexibility index (Phi) is 7.31. The van der Waals surface area contributed by atoms with Crippen molar-refractivity contribution in [3.63, 3.8) is 0 Å². The summed E-state index contributed by atoms with van der Waals surface area (Å²) in [6.07, 6.45) is 3.42. The molecule has 1 atom stereocenters. The van der Waals surface area contributed by atoms with E-state index in [-0.39, 0.29) is 6.03 Å². The number of ether oxygens (including phenoxy) is 1. The number of urea groups is 1. The SMILES string of the molecule is COc1ccc(CCN2CCC[C@H](CN(C)C(=O)Nc3ccccc3)C2)cc1. The number of nitrogens with zero attached hydrogens (tertiary/aromatic N) is 2. The molecule has 2 amide bonds. The molecule has 150 valence electrons. The largest absolute Gasteiger partial charge is 0.497 e. The maximum absolute atomic E-state index is 12.4. The lowest BCUT2D eigenvalue weighted by atomic mass is 9.97. The van der Waals surface area contributed by atoms with Crippen LogP contribution in [0.2, 0.25) is 0 Å². The smallest absolute Gasteiger partial charge is 0.321 e. The van der Waals surface area contributed by atoms with Crippen molar-refractivity contribution in [2.45, 2.75) is 19.3 Å². The Morgan fingerprint density at radius 2 is 1.93 bits per heavy atom. The third-order valence-corrected chi connectivity index (χ3v) is 5.38. The minimum absolute atomic E-state index is 0.0402. The Morgan fingerprint density at radius 1 is 1.18 bits per heavy atom. The molecule has 2 aromatic rings. The van der Waals surface area contributed by atoms with Gasteiger partial charge in [0, 0.05) is 32.4 Å². The normalized spacial score (nSPS) is 17.1. The Morgan fingerprint density at radius 3 is 2.64 bits per heavy atom. The van der Waals surface area contributed by atoms with Gasteiger partial charge in [0.05, 0.1) is 7.11 Å². The number of hydrogen-bond acceptors (Lipinski definition) is 3. The summed E-state index contributed by atoms with van der Waals surface area (Å²) in [4.78, 5) is 16.8. The Labute approximate surface area is 168 Å². The fraction of sp³-hybridized carbons (Fsp3) is 0.435. The number of nitrogens with one attached hydrogen (secondary N) is 1. The molecule has 1 N–H and O–H groups in total. The van der Waals surface area contributed by atoms with E-state index in [0.29, 0.717) is 5.92 Å². The van der Waals surface area contributed by atoms with Crippen LogP contribution in [0.5, 0.6) is 5.75 Å². The van der Waals surface area contributed by atoms with Crippen LogP contribution in [0.4, 0.5) is 10.5 Å². The lowest BCUT2D eigenvalue weighted by Crippen LogP contribution is -2.43. The summed E-state index contributed by atoms with van der Waals surface area (Å²) >= 11 is 0. The van der Waals surface area contributed by atoms with Crippen molar-refractivity contribution in [3.05, 3.63) is 60.2 Å². The summed E-state index contributed by atoms with van der Waals surface area (Å²) < 4.78 is 5.22. The molecule has 0 aliphatic carbocycles. The molecular weight excluding hydrogens is 350 g/mol. The average molecular weight is 382 g/mol. The molecule has 2 aromatic carbocycles. The highest BCUT2D eigenvalue weighted by molar-refractivity contribution is 5.89. The summed E-state index contributed by atoms with van der Waals surface area (Å²) in [5.74, 6) is 1.43. The summed E-state index contributed by atoms with van der Waals surface area (Å²) in [7, 11) is 3.58. The fourth-order valence-corrected chi connectivity index (χ4v) is 3.79. The van der Waals surface area contributed by atoms with Gasteiger partial charge in [-0.3, -0.25) is 0 Å². The number of benzene rings is 2. The highest BCUT2D eigenvalue weighted by Gasteiger charge is 2.22. The van der Waals surface area contributed by atoms with Gasteiger partial charge in [0.15, 0.2) is 0 Å². The minimum Gasteiger partial charge on any atom is -0.497 e. The predicted molar refractivity (Wildman–Crippen MR) is 114 cm³/mol. The molecular formula is C23H31N3O2. The lowest BCUT2D eigenvalue weighted by Gasteiger charge is -2.34. The summed E-state index contributed by atoms with van der Waals surface area (Å²) in [5.41, 5.74) is 2.17. The number of likely N-dealkylation sites (tertiary alicyclic amines) is 1. The maximum atomic E-state index is 12.4. The van der Waals surface area contributed by atoms with Crippen LogP contribution in [-0.2, 0) is 6.42 Å². The number of carbonyl (C=O) groups excluding carboxylic acids is 1. The predicted octanol–water partition coefficient (Wildman–Crippen LogP) is 4.11. The van der Waals surface area contributed by atoms with Gasteiger partial charge in [0.1, 0.15) is 5.75 Å². The van der Waals surface area contributed by atoms with Crippen LogP contribution >= 0.6 is 0 Å². The molecule has 5 heteroatoms. The molecule has 0 bridgehead atoms. The van der Waals surface area contributed by atoms with Crippen molar-refractivity contribution < 1.29 is 9.53 Å². The van der Waals surface area contributed by atoms with Gasteiger partial charge < -0.3 is 19.9 Å². The molecule has 1 saturated heterocycles. The van der Waals surface area contributed by atoms with Gasteiger partial charge in [-0.05, 0) is 61.6 Å². The van der Waals surface area contributed by atoms with Crippen molar-refractivity contribution in [3.8, 4) is 5.75 Å². The monoisotopic (exact) mass is 381 g/mol. The number of amides is 2. The zero-order valence-corrected chi connectivity index (χ0v) is 16.9. The van der Waals surface area contributed by atoms with Crippen LogP contribution in [-0.4, -0.2) is 56.2 Å². The van der Waals surface area contributed by atoms with Crippen LogP contribution in [0, 0.1) is 5.92 Å². The zero-order valence-electron chi connectivity index (χ0n) is 16.9. The quantitative estimate of drug-likeness (QED) is 0.785. The van der Waals surface area contributed by atoms with Gasteiger partial charge in [0.2, 0.25) is 0 Å². The molecule has 0 spiro atoms. The van der Waals surface area contributed by atoms with Gasteiger partial charge in [-0.25, -0.2) is 4.79 Å². The number of rotatable bonds is 7. The first-order valence-electron chi connectivity index (χ1n) is 10.1. The van der Waals surface area contributed by atoms with Crippen molar-refractivity contribution >= 4 is 11.7 Å². The van der Waals surface area contributed by atoms with E-state index >= 15 is 0 Å². The minimum atomic E-state index is -0.0402. The standard InChI is InChI=1S/C23H31N3O2/c1-25(23(27)24-21-8-4-3-5-9-21)17-20-7-6-15-26(18-20)16-14-19-10-12-22(28-2)13-11-19/h3-5,8-13,20H,6-7,14-18H2,1-2H3,(H,24,27)/t20-/m1/s1. The maximum Gasteiger partial charge on any atom is 0.321 e. The van der Waals surface area contributed by atoms with E-state index in [1.807, 2.05) is 54.4 Å². The number of anilines is 1. The third-order valence-electron chi connectivity index (χ3n) is 5.38. The third kappa shape index (κ3) is 5.99. The average Bonchev–Trinajstić information content (AvgIpc) is 2.73. The van der Waals surface area contributed by atoms with Crippen molar-refractivity contribution in [1.29, 1.82) is 0 Å². The van der Waals surface area contributed by atoms with E-state index in [4.69, 9.17) is 4.74 Å². The topological polar surface area (TPSA) is 44.8 Å². The van der Waals surface area contributed by atoms with E-state index < -0.39 is 0 Å². The van der Waals surface area contributed by atoms with Gasteiger partial charge in [-0.2, -0.15) is 0 Å². The number of methoxy groups -OCH3 is 1. The molecule has 1 heterocycles. The number of piperidine rings is 1. The van der Waals surface area contributed by atoms with E-state index in [2.05, 4.69) is 22.3 Å². The van der Waals surface area contributed by atoms with Crippen LogP contribution in [0.3, 0.4) is 0 Å². The molecule has 0 saturated carbocycles. The van der Waals surface area contributed by atoms with Gasteiger partial charge >= 0.3 is 6.03 Å². The second kappa shape index (κ2) is 10.1. The van der Waals surface area contributed by atoms with E-state index in [0.717, 1.165) is 44.0 Å². The van der Waals surface area contributed by atoms with Crippen LogP contribution in [0.15, 0.2) is 54.6 Å². The lowest BCUT2D eigenvalue weighted by molar-refractivity contribution is 0.150. The number of para-hydroxylation sites is 1. The van der Waals surface area contributed by atoms with Crippen LogP contribution < -0.4 is 10.1 Å². The van der Waals surface area contributed by atoms with Crippen molar-refractivity contribution in [2.24, 2.45) is 5.92 Å². The summed E-state index contributed by atoms with van der Waals surface area (Å²) in [5, 5.41) is 2.96. The Hall–Kier alpha value is -2.53. The van der Waals surface area contributed by atoms with Crippen molar-refractivity contribution in [2.75, 3.05) is 45.7 Å². The molecule has 1 fully saturated rings. The second-order valence-electron chi connectivity index (χ2n) is 7.58. The van der Waals surface area contributed by atoms with Gasteiger partial charge in [-0.15, -0.1) is 0 Å². The van der Waals surface area contributed by atoms with Gasteiger partial charge in [0.25, 0.3) is 0 Å². The molecule has 1 aliphatic heterocycles. The molecule has 0 radical (unpaired) electrons. The van der Waals surface area contributed by atoms with E-state index in [9.17, 15) is 4.79 Å². The first-order chi connectivity index (χ1) is 13.6. The molecule has 0 unspecified atom stereocenters. The fourth-order valence-electron chi connectivity index (χ4n) is 3.79. The number of carbonyl (C=O) groups is 1. The van der Waals surface area contributed by atoms with Crippen LogP contribution in [0.1, 0.15) is 18.4 Å². The molecule has 0 aromatic heterocycles. The molecule has 28 heavy (non-hydrogen) atoms. The zero-order chi connectivity index (χ0) is 19.8. The van der Waals surface area contributed by atoms with Crippen LogP contribution in [0.25, 0.3) is 0 Å². The summed E-state index contributed by atoms with van der Waals surface area (Å²) in [6, 6.07) is 17.9. The highest BCUT2D eigenvalue weighted by atomic mass is 16.5. The second-order valence-corrected chi connectivity index (χ2v) is 7.58. The Balaban J connectivity index is 1.44. The molecule has 1 aliphatic rings. The summed E-state index contributed by atoms with van der Waals surface area (Å²) in [6.45, 7) is 4.05. The first-order valence-corrected chi connectivity index (χ1v) is 10.1. The first kappa shape index (κ1) is 20.2. The van der Waals surface area contributed by atoms with Gasteiger partial charge in [-0.1, -0.05) is 30.3 Å². The van der Waals surface area contributed by atoms with E-state index in [1.165, 1.54) is 18.4 Å². The molecule has 3 rings (SSSR count). The Bertz CT molecular complexity index is 733. The number of hydrogen-bond donors (Lipinski definition) is 1. The molecule has 5 nitrogen and oxygen atoms in total. The van der Waals surface area contributed by atoms with E-state index in [1.54, 1.807) is 7.11 Å². The van der Waals surface area contributed by atoms with Crippen molar-refractivity contribution in [1.82, 2.24) is 9.80 Å². The highest BCUT2D eigenvalue weighted by Crippen LogP contribution is 2.19.